The number of carbonyl (C=O) groups excluding carboxylic acids is 2. The summed E-state index contributed by atoms with van der Waals surface area (Å²) in [5.41, 5.74) is 7.20. The maximum atomic E-state index is 14.0. The van der Waals surface area contributed by atoms with Crippen molar-refractivity contribution in [1.29, 1.82) is 0 Å². The number of carboxylic acid groups (broad SMARTS) is 1. The van der Waals surface area contributed by atoms with Crippen molar-refractivity contribution in [2.75, 3.05) is 18.8 Å². The second-order valence-corrected chi connectivity index (χ2v) is 15.0. The van der Waals surface area contributed by atoms with Crippen molar-refractivity contribution < 1.29 is 19.5 Å². The first kappa shape index (κ1) is 37.0. The summed E-state index contributed by atoms with van der Waals surface area (Å²) in [4.78, 5) is 46.3. The lowest BCUT2D eigenvalue weighted by molar-refractivity contribution is -0.112. The van der Waals surface area contributed by atoms with Gasteiger partial charge in [0.1, 0.15) is 5.82 Å². The molecule has 0 bridgehead atoms. The van der Waals surface area contributed by atoms with Gasteiger partial charge in [0, 0.05) is 36.4 Å². The van der Waals surface area contributed by atoms with Gasteiger partial charge in [-0.3, -0.25) is 14.5 Å². The van der Waals surface area contributed by atoms with Gasteiger partial charge >= 0.3 is 5.97 Å². The van der Waals surface area contributed by atoms with E-state index in [-0.39, 0.29) is 22.6 Å². The van der Waals surface area contributed by atoms with Crippen molar-refractivity contribution in [3.63, 3.8) is 0 Å². The molecular formula is C43H48N4O4S. The number of carboxylic acids is 1. The number of hydrogen-bond acceptors (Lipinski definition) is 6. The molecule has 2 atom stereocenters. The maximum absolute atomic E-state index is 14.0. The highest BCUT2D eigenvalue weighted by Crippen LogP contribution is 2.27. The van der Waals surface area contributed by atoms with Crippen LogP contribution in [0.4, 0.5) is 0 Å². The molecule has 4 aromatic carbocycles. The van der Waals surface area contributed by atoms with Gasteiger partial charge in [-0.2, -0.15) is 0 Å². The largest absolute Gasteiger partial charge is 0.478 e. The minimum Gasteiger partial charge on any atom is -0.478 e. The second kappa shape index (κ2) is 17.2. The van der Waals surface area contributed by atoms with Crippen molar-refractivity contribution in [1.82, 2.24) is 19.8 Å². The summed E-state index contributed by atoms with van der Waals surface area (Å²) in [6, 6.07) is 29.1. The highest BCUT2D eigenvalue weighted by molar-refractivity contribution is 8.13. The fourth-order valence-corrected chi connectivity index (χ4v) is 8.02. The Morgan fingerprint density at radius 2 is 1.71 bits per heavy atom. The van der Waals surface area contributed by atoms with Crippen LogP contribution in [0, 0.1) is 6.92 Å². The number of imidazole rings is 1. The summed E-state index contributed by atoms with van der Waals surface area (Å²) in [6.07, 6.45) is 5.82. The van der Waals surface area contributed by atoms with Crippen LogP contribution in [-0.2, 0) is 24.2 Å². The molecule has 8 nitrogen and oxygen atoms in total. The van der Waals surface area contributed by atoms with E-state index in [2.05, 4.69) is 40.8 Å². The lowest BCUT2D eigenvalue weighted by Crippen LogP contribution is -2.41. The number of rotatable bonds is 14. The smallest absolute Gasteiger partial charge is 0.336 e. The summed E-state index contributed by atoms with van der Waals surface area (Å²) < 4.78 is 2.19. The number of aromatic carboxylic acids is 1. The molecule has 1 fully saturated rings. The molecule has 0 saturated carbocycles. The number of fused-ring (bicyclic) bond motifs is 1. The van der Waals surface area contributed by atoms with Crippen LogP contribution in [0.25, 0.3) is 22.2 Å². The number of aryl methyl sites for hydroxylation is 2. The van der Waals surface area contributed by atoms with Gasteiger partial charge in [-0.05, 0) is 92.1 Å². The van der Waals surface area contributed by atoms with Crippen molar-refractivity contribution >= 4 is 39.8 Å². The van der Waals surface area contributed by atoms with Crippen molar-refractivity contribution in [3.05, 3.63) is 125 Å². The van der Waals surface area contributed by atoms with Crippen LogP contribution in [-0.4, -0.2) is 67.5 Å². The van der Waals surface area contributed by atoms with E-state index < -0.39 is 5.97 Å². The number of nitrogens with one attached hydrogen (secondary N) is 1. The number of thioether (sulfide) groups is 1. The first-order valence-corrected chi connectivity index (χ1v) is 19.3. The van der Waals surface area contributed by atoms with E-state index in [0.717, 1.165) is 71.3 Å². The average molecular weight is 717 g/mol. The predicted molar refractivity (Wildman–Crippen MR) is 210 cm³/mol. The van der Waals surface area contributed by atoms with Crippen molar-refractivity contribution in [2.45, 2.75) is 77.9 Å². The van der Waals surface area contributed by atoms with Crippen LogP contribution in [0.1, 0.15) is 82.8 Å². The minimum atomic E-state index is -0.954. The highest BCUT2D eigenvalue weighted by atomic mass is 32.2. The molecule has 0 radical (unpaired) electrons. The average Bonchev–Trinajstić information content (AvgIpc) is 3.49. The number of benzene rings is 4. The third-order valence-electron chi connectivity index (χ3n) is 10.0. The molecule has 1 aliphatic heterocycles. The van der Waals surface area contributed by atoms with Gasteiger partial charge in [0.25, 0.3) is 5.91 Å². The molecule has 0 aliphatic carbocycles. The minimum absolute atomic E-state index is 0.143. The summed E-state index contributed by atoms with van der Waals surface area (Å²) in [5.74, 6) is 0.326. The molecular weight excluding hydrogens is 669 g/mol. The van der Waals surface area contributed by atoms with Crippen LogP contribution in [0.2, 0.25) is 0 Å². The third kappa shape index (κ3) is 9.00. The van der Waals surface area contributed by atoms with E-state index in [1.54, 1.807) is 12.1 Å². The first-order chi connectivity index (χ1) is 25.2. The number of aromatic nitrogens is 2. The van der Waals surface area contributed by atoms with E-state index in [1.807, 2.05) is 73.7 Å². The molecule has 1 saturated heterocycles. The SMILES string of the molecule is CCCc1nc2c(C)cc(C(=O)NC(CSC(=O)CN3CCCCC3C)Cc3ccccc3)cc2n1Cc1ccc(-c2ccccc2C(=O)O)cc1. The predicted octanol–water partition coefficient (Wildman–Crippen LogP) is 8.19. The van der Waals surface area contributed by atoms with Crippen molar-refractivity contribution in [3.8, 4) is 11.1 Å². The Bertz CT molecular complexity index is 2020. The Kier molecular flexibility index (Phi) is 12.2. The third-order valence-corrected chi connectivity index (χ3v) is 11.0. The zero-order valence-electron chi connectivity index (χ0n) is 30.3. The van der Waals surface area contributed by atoms with Crippen LogP contribution in [0.15, 0.2) is 91.0 Å². The second-order valence-electron chi connectivity index (χ2n) is 13.9. The first-order valence-electron chi connectivity index (χ1n) is 18.4. The summed E-state index contributed by atoms with van der Waals surface area (Å²) in [7, 11) is 0. The molecule has 2 heterocycles. The van der Waals surface area contributed by atoms with E-state index in [9.17, 15) is 19.5 Å². The number of likely N-dealkylation sites (tertiary alicyclic amines) is 1. The van der Waals surface area contributed by atoms with E-state index in [0.29, 0.717) is 42.4 Å². The van der Waals surface area contributed by atoms with E-state index in [4.69, 9.17) is 4.98 Å². The molecule has 5 aromatic rings. The Morgan fingerprint density at radius 3 is 2.44 bits per heavy atom. The van der Waals surface area contributed by atoms with Gasteiger partial charge in [-0.25, -0.2) is 9.78 Å². The molecule has 2 unspecified atom stereocenters. The maximum Gasteiger partial charge on any atom is 0.336 e. The van der Waals surface area contributed by atoms with Crippen LogP contribution in [0.3, 0.4) is 0 Å². The molecule has 52 heavy (non-hydrogen) atoms. The monoisotopic (exact) mass is 716 g/mol. The van der Waals surface area contributed by atoms with Crippen LogP contribution < -0.4 is 5.32 Å². The van der Waals surface area contributed by atoms with Gasteiger partial charge in [0.2, 0.25) is 5.12 Å². The topological polar surface area (TPSA) is 105 Å². The zero-order chi connectivity index (χ0) is 36.6. The van der Waals surface area contributed by atoms with Gasteiger partial charge in [0.15, 0.2) is 0 Å². The Hall–Kier alpha value is -4.73. The molecule has 6 rings (SSSR count). The molecule has 9 heteroatoms. The Morgan fingerprint density at radius 1 is 0.962 bits per heavy atom. The van der Waals surface area contributed by atoms with Crippen molar-refractivity contribution in [2.24, 2.45) is 0 Å². The fourth-order valence-electron chi connectivity index (χ4n) is 7.17. The number of piperidine rings is 1. The standard InChI is InChI=1S/C43H48N4O4S/c1-4-12-39-45-41-29(2)23-34(25-38(41)47(39)26-32-18-20-33(21-19-32)36-16-8-9-17-37(36)43(50)51)42(49)44-35(24-31-14-6-5-7-15-31)28-52-40(48)27-46-22-11-10-13-30(46)3/h5-9,14-21,23,25,30,35H,4,10-13,22,24,26-28H2,1-3H3,(H,44,49)(H,50,51). The normalized spacial score (nSPS) is 15.4. The molecule has 1 amide bonds. The lowest BCUT2D eigenvalue weighted by atomic mass is 9.98. The number of carbonyl (C=O) groups is 3. The van der Waals surface area contributed by atoms with E-state index in [1.165, 1.54) is 18.2 Å². The van der Waals surface area contributed by atoms with Gasteiger partial charge in [-0.1, -0.05) is 97.9 Å². The van der Waals surface area contributed by atoms with Gasteiger partial charge < -0.3 is 15.0 Å². The number of amides is 1. The lowest BCUT2D eigenvalue weighted by Gasteiger charge is -2.32. The highest BCUT2D eigenvalue weighted by Gasteiger charge is 2.23. The summed E-state index contributed by atoms with van der Waals surface area (Å²) in [6.45, 7) is 8.29. The molecule has 270 valence electrons. The van der Waals surface area contributed by atoms with Gasteiger partial charge in [-0.15, -0.1) is 0 Å². The molecule has 1 aromatic heterocycles. The Labute approximate surface area is 310 Å². The summed E-state index contributed by atoms with van der Waals surface area (Å²) in [5, 5.41) is 13.1. The fraction of sp³-hybridized carbons (Fsp3) is 0.349. The molecule has 0 spiro atoms. The van der Waals surface area contributed by atoms with Gasteiger partial charge in [0.05, 0.1) is 23.1 Å². The summed E-state index contributed by atoms with van der Waals surface area (Å²) >= 11 is 1.32. The molecule has 2 N–H and O–H groups in total. The number of nitrogens with zero attached hydrogens (tertiary/aromatic N) is 3. The Balaban J connectivity index is 1.23. The zero-order valence-corrected chi connectivity index (χ0v) is 31.1. The number of hydrogen-bond donors (Lipinski definition) is 2. The van der Waals surface area contributed by atoms with E-state index >= 15 is 0 Å². The van der Waals surface area contributed by atoms with Crippen LogP contribution in [0.5, 0.6) is 0 Å². The molecule has 1 aliphatic rings. The quantitative estimate of drug-likeness (QED) is 0.119. The van der Waals surface area contributed by atoms with Crippen LogP contribution >= 0.6 is 11.8 Å².